The van der Waals surface area contributed by atoms with Gasteiger partial charge in [-0.3, -0.25) is 4.90 Å². The summed E-state index contributed by atoms with van der Waals surface area (Å²) in [6.07, 6.45) is 4.65. The summed E-state index contributed by atoms with van der Waals surface area (Å²) < 4.78 is 0. The van der Waals surface area contributed by atoms with E-state index in [1.165, 1.54) is 38.9 Å². The zero-order chi connectivity index (χ0) is 12.5. The van der Waals surface area contributed by atoms with Crippen molar-refractivity contribution in [1.82, 2.24) is 9.80 Å². The average Bonchev–Trinajstić information content (AvgIpc) is 2.38. The smallest absolute Gasteiger partial charge is 0.0431 e. The predicted molar refractivity (Wildman–Crippen MR) is 72.1 cm³/mol. The average molecular weight is 243 g/mol. The summed E-state index contributed by atoms with van der Waals surface area (Å²) in [5.74, 6) is 0. The molecule has 0 bridgehead atoms. The third-order valence-corrected chi connectivity index (χ3v) is 3.75. The van der Waals surface area contributed by atoms with Crippen molar-refractivity contribution in [3.63, 3.8) is 0 Å². The molecule has 1 heterocycles. The Morgan fingerprint density at radius 2 is 1.71 bits per heavy atom. The molecule has 1 saturated heterocycles. The second-order valence-electron chi connectivity index (χ2n) is 5.10. The standard InChI is InChI=1S/C13H29N3O/c1-13(12-14)16-9-7-15(8-10-16)6-4-2-3-5-11-17/h13,17H,2-12,14H2,1H3. The first-order chi connectivity index (χ1) is 8.27. The zero-order valence-electron chi connectivity index (χ0n) is 11.3. The van der Waals surface area contributed by atoms with Gasteiger partial charge in [0.2, 0.25) is 0 Å². The molecule has 1 fully saturated rings. The highest BCUT2D eigenvalue weighted by atomic mass is 16.2. The Morgan fingerprint density at radius 1 is 1.06 bits per heavy atom. The molecule has 0 radical (unpaired) electrons. The van der Waals surface area contributed by atoms with Crippen LogP contribution >= 0.6 is 0 Å². The molecule has 1 unspecified atom stereocenters. The molecule has 4 heteroatoms. The fourth-order valence-corrected chi connectivity index (χ4v) is 2.38. The summed E-state index contributed by atoms with van der Waals surface area (Å²) in [7, 11) is 0. The van der Waals surface area contributed by atoms with Gasteiger partial charge >= 0.3 is 0 Å². The van der Waals surface area contributed by atoms with Crippen LogP contribution in [0, 0.1) is 0 Å². The van der Waals surface area contributed by atoms with Crippen molar-refractivity contribution in [2.24, 2.45) is 5.73 Å². The number of unbranched alkanes of at least 4 members (excludes halogenated alkanes) is 3. The van der Waals surface area contributed by atoms with E-state index in [4.69, 9.17) is 10.8 Å². The fourth-order valence-electron chi connectivity index (χ4n) is 2.38. The maximum absolute atomic E-state index is 8.69. The summed E-state index contributed by atoms with van der Waals surface area (Å²) in [5, 5.41) is 8.69. The normalized spacial score (nSPS) is 20.6. The van der Waals surface area contributed by atoms with Gasteiger partial charge in [-0.25, -0.2) is 0 Å². The van der Waals surface area contributed by atoms with Crippen molar-refractivity contribution >= 4 is 0 Å². The first kappa shape index (κ1) is 14.9. The predicted octanol–water partition coefficient (Wildman–Crippen LogP) is 0.504. The monoisotopic (exact) mass is 243 g/mol. The van der Waals surface area contributed by atoms with Gasteiger partial charge in [0, 0.05) is 45.4 Å². The van der Waals surface area contributed by atoms with Crippen molar-refractivity contribution < 1.29 is 5.11 Å². The summed E-state index contributed by atoms with van der Waals surface area (Å²) in [6, 6.07) is 0.529. The van der Waals surface area contributed by atoms with Crippen molar-refractivity contribution in [3.8, 4) is 0 Å². The topological polar surface area (TPSA) is 52.7 Å². The number of hydrogen-bond donors (Lipinski definition) is 2. The lowest BCUT2D eigenvalue weighted by Gasteiger charge is -2.37. The molecule has 1 aliphatic heterocycles. The molecule has 0 aliphatic carbocycles. The van der Waals surface area contributed by atoms with Crippen LogP contribution in [-0.4, -0.2) is 66.8 Å². The maximum atomic E-state index is 8.69. The summed E-state index contributed by atoms with van der Waals surface area (Å²) in [5.41, 5.74) is 5.69. The number of piperazine rings is 1. The van der Waals surface area contributed by atoms with E-state index in [-0.39, 0.29) is 0 Å². The Balaban J connectivity index is 2.03. The summed E-state index contributed by atoms with van der Waals surface area (Å²) >= 11 is 0. The minimum atomic E-state index is 0.343. The highest BCUT2D eigenvalue weighted by Crippen LogP contribution is 2.07. The molecule has 0 spiro atoms. The van der Waals surface area contributed by atoms with Crippen LogP contribution in [0.3, 0.4) is 0 Å². The van der Waals surface area contributed by atoms with Crippen LogP contribution in [0.25, 0.3) is 0 Å². The van der Waals surface area contributed by atoms with Crippen LogP contribution in [-0.2, 0) is 0 Å². The number of aliphatic hydroxyl groups is 1. The summed E-state index contributed by atoms with van der Waals surface area (Å²) in [6.45, 7) is 9.23. The van der Waals surface area contributed by atoms with Gasteiger partial charge in [-0.2, -0.15) is 0 Å². The zero-order valence-corrected chi connectivity index (χ0v) is 11.3. The molecule has 102 valence electrons. The lowest BCUT2D eigenvalue weighted by atomic mass is 10.1. The van der Waals surface area contributed by atoms with E-state index in [9.17, 15) is 0 Å². The Morgan fingerprint density at radius 3 is 2.29 bits per heavy atom. The third-order valence-electron chi connectivity index (χ3n) is 3.75. The molecule has 1 rings (SSSR count). The van der Waals surface area contributed by atoms with Gasteiger partial charge in [0.15, 0.2) is 0 Å². The molecule has 0 saturated carbocycles. The van der Waals surface area contributed by atoms with Crippen LogP contribution in [0.1, 0.15) is 32.6 Å². The highest BCUT2D eigenvalue weighted by molar-refractivity contribution is 4.76. The first-order valence-electron chi connectivity index (χ1n) is 7.05. The van der Waals surface area contributed by atoms with Crippen LogP contribution in [0.2, 0.25) is 0 Å². The van der Waals surface area contributed by atoms with Gasteiger partial charge in [0.1, 0.15) is 0 Å². The second kappa shape index (κ2) is 8.86. The molecular weight excluding hydrogens is 214 g/mol. The quantitative estimate of drug-likeness (QED) is 0.610. The van der Waals surface area contributed by atoms with Crippen LogP contribution in [0.5, 0.6) is 0 Å². The van der Waals surface area contributed by atoms with Crippen LogP contribution < -0.4 is 5.73 Å². The fraction of sp³-hybridized carbons (Fsp3) is 1.00. The van der Waals surface area contributed by atoms with Gasteiger partial charge in [0.05, 0.1) is 0 Å². The second-order valence-corrected chi connectivity index (χ2v) is 5.10. The highest BCUT2D eigenvalue weighted by Gasteiger charge is 2.19. The van der Waals surface area contributed by atoms with Crippen LogP contribution in [0.4, 0.5) is 0 Å². The van der Waals surface area contributed by atoms with E-state index in [1.807, 2.05) is 0 Å². The SMILES string of the molecule is CC(CN)N1CCN(CCCCCCO)CC1. The molecule has 1 aliphatic rings. The van der Waals surface area contributed by atoms with Crippen molar-refractivity contribution in [1.29, 1.82) is 0 Å². The Kier molecular flexibility index (Phi) is 7.77. The molecule has 1 atom stereocenters. The van der Waals surface area contributed by atoms with Gasteiger partial charge in [-0.05, 0) is 26.3 Å². The molecule has 4 nitrogen and oxygen atoms in total. The molecule has 3 N–H and O–H groups in total. The number of nitrogens with two attached hydrogens (primary N) is 1. The maximum Gasteiger partial charge on any atom is 0.0431 e. The number of aliphatic hydroxyl groups excluding tert-OH is 1. The van der Waals surface area contributed by atoms with E-state index < -0.39 is 0 Å². The van der Waals surface area contributed by atoms with E-state index in [2.05, 4.69) is 16.7 Å². The molecule has 0 aromatic heterocycles. The number of rotatable bonds is 8. The Hall–Kier alpha value is -0.160. The van der Waals surface area contributed by atoms with Crippen molar-refractivity contribution in [2.75, 3.05) is 45.9 Å². The number of nitrogens with zero attached hydrogens (tertiary/aromatic N) is 2. The minimum Gasteiger partial charge on any atom is -0.396 e. The van der Waals surface area contributed by atoms with Gasteiger partial charge in [-0.15, -0.1) is 0 Å². The molecular formula is C13H29N3O. The third kappa shape index (κ3) is 5.82. The lowest BCUT2D eigenvalue weighted by Crippen LogP contribution is -2.51. The Bertz CT molecular complexity index is 182. The molecule has 17 heavy (non-hydrogen) atoms. The molecule has 0 aromatic rings. The van der Waals surface area contributed by atoms with Crippen molar-refractivity contribution in [3.05, 3.63) is 0 Å². The minimum absolute atomic E-state index is 0.343. The lowest BCUT2D eigenvalue weighted by molar-refractivity contribution is 0.104. The van der Waals surface area contributed by atoms with Gasteiger partial charge < -0.3 is 15.7 Å². The van der Waals surface area contributed by atoms with E-state index in [1.54, 1.807) is 0 Å². The molecule has 0 amide bonds. The summed E-state index contributed by atoms with van der Waals surface area (Å²) in [4.78, 5) is 5.04. The van der Waals surface area contributed by atoms with E-state index >= 15 is 0 Å². The number of hydrogen-bond acceptors (Lipinski definition) is 4. The van der Waals surface area contributed by atoms with Crippen molar-refractivity contribution in [2.45, 2.75) is 38.6 Å². The van der Waals surface area contributed by atoms with E-state index in [0.717, 1.165) is 26.1 Å². The Labute approximate surface area is 106 Å². The molecule has 0 aromatic carbocycles. The van der Waals surface area contributed by atoms with Crippen LogP contribution in [0.15, 0.2) is 0 Å². The van der Waals surface area contributed by atoms with Gasteiger partial charge in [-0.1, -0.05) is 12.8 Å². The largest absolute Gasteiger partial charge is 0.396 e. The van der Waals surface area contributed by atoms with Gasteiger partial charge in [0.25, 0.3) is 0 Å². The first-order valence-corrected chi connectivity index (χ1v) is 7.05. The van der Waals surface area contributed by atoms with E-state index in [0.29, 0.717) is 12.6 Å².